The number of aromatic nitrogens is 4. The van der Waals surface area contributed by atoms with Gasteiger partial charge in [0.1, 0.15) is 18.2 Å². The Morgan fingerprint density at radius 3 is 2.48 bits per heavy atom. The molecule has 3 aromatic rings. The number of alkyl halides is 2. The SMILES string of the molecule is CN(c1ccc2c(c1)nc(C(C)(C)C)n2CC1CCC(F)(F)CC1)S(=O)(=O)n1cc[n+](C)c1. The zero-order valence-corrected chi connectivity index (χ0v) is 20.6. The number of imidazole rings is 2. The van der Waals surface area contributed by atoms with Gasteiger partial charge in [0.05, 0.1) is 23.8 Å². The van der Waals surface area contributed by atoms with Gasteiger partial charge in [-0.25, -0.2) is 22.6 Å². The van der Waals surface area contributed by atoms with Crippen molar-refractivity contribution >= 4 is 26.9 Å². The van der Waals surface area contributed by atoms with Crippen LogP contribution >= 0.6 is 0 Å². The summed E-state index contributed by atoms with van der Waals surface area (Å²) in [6.45, 7) is 6.85. The number of anilines is 1. The Bertz CT molecular complexity index is 1260. The molecule has 0 aliphatic heterocycles. The molecular formula is C23H32F2N5O2S+. The van der Waals surface area contributed by atoms with E-state index in [0.717, 1.165) is 15.3 Å². The zero-order chi connectivity index (χ0) is 24.2. The molecule has 180 valence electrons. The molecule has 4 rings (SSSR count). The zero-order valence-electron chi connectivity index (χ0n) is 19.8. The van der Waals surface area contributed by atoms with Crippen LogP contribution in [0.25, 0.3) is 11.0 Å². The lowest BCUT2D eigenvalue weighted by Crippen LogP contribution is -2.33. The van der Waals surface area contributed by atoms with Crippen LogP contribution in [-0.4, -0.2) is 34.9 Å². The van der Waals surface area contributed by atoms with Crippen LogP contribution in [0.5, 0.6) is 0 Å². The van der Waals surface area contributed by atoms with Gasteiger partial charge in [0.2, 0.25) is 5.92 Å². The fraction of sp³-hybridized carbons (Fsp3) is 0.565. The van der Waals surface area contributed by atoms with Gasteiger partial charge in [-0.1, -0.05) is 20.8 Å². The number of fused-ring (bicyclic) bond motifs is 1. The maximum atomic E-state index is 13.6. The molecule has 0 radical (unpaired) electrons. The van der Waals surface area contributed by atoms with Crippen molar-refractivity contribution in [1.29, 1.82) is 0 Å². The maximum absolute atomic E-state index is 13.6. The average molecular weight is 481 g/mol. The fourth-order valence-corrected chi connectivity index (χ4v) is 5.59. The monoisotopic (exact) mass is 480 g/mol. The molecule has 0 bridgehead atoms. The standard InChI is InChI=1S/C23H32F2N5O2S/c1-22(2,3)21-26-19-14-18(28(5)33(31,32)29-13-12-27(4)16-29)6-7-20(19)30(21)15-17-8-10-23(24,25)11-9-17/h6-7,12-14,16-17H,8-11,15H2,1-5H3/q+1. The minimum atomic E-state index is -3.78. The fourth-order valence-electron chi connectivity index (χ4n) is 4.45. The van der Waals surface area contributed by atoms with Crippen LogP contribution in [0.2, 0.25) is 0 Å². The molecular weight excluding hydrogens is 448 g/mol. The number of benzene rings is 1. The summed E-state index contributed by atoms with van der Waals surface area (Å²) in [6, 6.07) is 5.42. The van der Waals surface area contributed by atoms with Crippen molar-refractivity contribution in [3.8, 4) is 0 Å². The highest BCUT2D eigenvalue weighted by Crippen LogP contribution is 2.38. The lowest BCUT2D eigenvalue weighted by atomic mass is 9.86. The molecule has 7 nitrogen and oxygen atoms in total. The molecule has 10 heteroatoms. The van der Waals surface area contributed by atoms with E-state index in [0.29, 0.717) is 30.6 Å². The molecule has 0 N–H and O–H groups in total. The van der Waals surface area contributed by atoms with Gasteiger partial charge >= 0.3 is 10.2 Å². The van der Waals surface area contributed by atoms with Gasteiger partial charge in [0, 0.05) is 31.8 Å². The lowest BCUT2D eigenvalue weighted by Gasteiger charge is -2.30. The van der Waals surface area contributed by atoms with Crippen molar-refractivity contribution in [1.82, 2.24) is 13.5 Å². The molecule has 0 unspecified atom stereocenters. The summed E-state index contributed by atoms with van der Waals surface area (Å²) in [4.78, 5) is 4.86. The molecule has 2 heterocycles. The van der Waals surface area contributed by atoms with Crippen molar-refractivity contribution in [2.45, 2.75) is 64.3 Å². The van der Waals surface area contributed by atoms with Crippen LogP contribution in [0, 0.1) is 5.92 Å². The van der Waals surface area contributed by atoms with Gasteiger partial charge in [-0.2, -0.15) is 8.42 Å². The summed E-state index contributed by atoms with van der Waals surface area (Å²) in [5, 5.41) is 0. The summed E-state index contributed by atoms with van der Waals surface area (Å²) >= 11 is 0. The first-order valence-corrected chi connectivity index (χ1v) is 12.6. The normalized spacial score (nSPS) is 17.5. The molecule has 33 heavy (non-hydrogen) atoms. The Morgan fingerprint density at radius 2 is 1.91 bits per heavy atom. The topological polar surface area (TPSA) is 64.0 Å². The minimum Gasteiger partial charge on any atom is -0.327 e. The van der Waals surface area contributed by atoms with Crippen LogP contribution < -0.4 is 8.87 Å². The number of hydrogen-bond acceptors (Lipinski definition) is 3. The predicted molar refractivity (Wildman–Crippen MR) is 124 cm³/mol. The molecule has 1 saturated carbocycles. The molecule has 0 atom stereocenters. The van der Waals surface area contributed by atoms with Crippen molar-refractivity contribution < 1.29 is 21.8 Å². The summed E-state index contributed by atoms with van der Waals surface area (Å²) in [6.07, 6.45) is 5.48. The lowest BCUT2D eigenvalue weighted by molar-refractivity contribution is -0.670. The van der Waals surface area contributed by atoms with Crippen LogP contribution in [0.3, 0.4) is 0 Å². The maximum Gasteiger partial charge on any atom is 0.403 e. The second-order valence-corrected chi connectivity index (χ2v) is 12.0. The van der Waals surface area contributed by atoms with Gasteiger partial charge in [-0.3, -0.25) is 0 Å². The van der Waals surface area contributed by atoms with Gasteiger partial charge in [-0.15, -0.1) is 3.97 Å². The van der Waals surface area contributed by atoms with E-state index in [1.807, 2.05) is 6.07 Å². The summed E-state index contributed by atoms with van der Waals surface area (Å²) < 4.78 is 59.5. The Hall–Kier alpha value is -2.49. The van der Waals surface area contributed by atoms with Crippen molar-refractivity contribution in [3.63, 3.8) is 0 Å². The van der Waals surface area contributed by atoms with E-state index in [4.69, 9.17) is 4.98 Å². The summed E-state index contributed by atoms with van der Waals surface area (Å²) in [7, 11) is -0.511. The Morgan fingerprint density at radius 1 is 1.24 bits per heavy atom. The highest BCUT2D eigenvalue weighted by molar-refractivity contribution is 7.91. The van der Waals surface area contributed by atoms with E-state index in [1.54, 1.807) is 29.9 Å². The van der Waals surface area contributed by atoms with E-state index in [9.17, 15) is 17.2 Å². The Balaban J connectivity index is 1.70. The van der Waals surface area contributed by atoms with Gasteiger partial charge in [-0.05, 0) is 37.0 Å². The molecule has 0 saturated heterocycles. The predicted octanol–water partition coefficient (Wildman–Crippen LogP) is 4.01. The Labute approximate surface area is 193 Å². The molecule has 1 fully saturated rings. The highest BCUT2D eigenvalue weighted by atomic mass is 32.2. The highest BCUT2D eigenvalue weighted by Gasteiger charge is 2.36. The van der Waals surface area contributed by atoms with E-state index in [1.165, 1.54) is 23.9 Å². The van der Waals surface area contributed by atoms with Crippen LogP contribution in [-0.2, 0) is 29.2 Å². The molecule has 1 aliphatic rings. The van der Waals surface area contributed by atoms with Crippen molar-refractivity contribution in [2.75, 3.05) is 11.4 Å². The van der Waals surface area contributed by atoms with Gasteiger partial charge in [0.15, 0.2) is 0 Å². The third-order valence-electron chi connectivity index (χ3n) is 6.40. The summed E-state index contributed by atoms with van der Waals surface area (Å²) in [5.74, 6) is -1.52. The first-order valence-electron chi connectivity index (χ1n) is 11.2. The number of aryl methyl sites for hydroxylation is 1. The van der Waals surface area contributed by atoms with E-state index >= 15 is 0 Å². The second kappa shape index (κ2) is 8.07. The number of nitrogens with zero attached hydrogens (tertiary/aromatic N) is 5. The number of rotatable bonds is 5. The van der Waals surface area contributed by atoms with Crippen LogP contribution in [0.15, 0.2) is 36.9 Å². The minimum absolute atomic E-state index is 0.0703. The number of hydrogen-bond donors (Lipinski definition) is 0. The molecule has 2 aromatic heterocycles. The molecule has 0 spiro atoms. The average Bonchev–Trinajstić information content (AvgIpc) is 3.32. The van der Waals surface area contributed by atoms with E-state index in [2.05, 4.69) is 25.3 Å². The summed E-state index contributed by atoms with van der Waals surface area (Å²) in [5.41, 5.74) is 1.83. The Kier molecular flexibility index (Phi) is 5.79. The van der Waals surface area contributed by atoms with Crippen molar-refractivity contribution in [2.24, 2.45) is 13.0 Å². The van der Waals surface area contributed by atoms with Crippen LogP contribution in [0.1, 0.15) is 52.3 Å². The number of halogens is 2. The molecule has 0 amide bonds. The smallest absolute Gasteiger partial charge is 0.327 e. The van der Waals surface area contributed by atoms with Crippen LogP contribution in [0.4, 0.5) is 14.5 Å². The third kappa shape index (κ3) is 4.62. The quantitative estimate of drug-likeness (QED) is 0.519. The van der Waals surface area contributed by atoms with E-state index < -0.39 is 16.1 Å². The second-order valence-electron chi connectivity index (χ2n) is 10.2. The molecule has 1 aliphatic carbocycles. The third-order valence-corrected chi connectivity index (χ3v) is 8.05. The largest absolute Gasteiger partial charge is 0.403 e. The van der Waals surface area contributed by atoms with Crippen molar-refractivity contribution in [3.05, 3.63) is 42.7 Å². The first kappa shape index (κ1) is 23.7. The first-order chi connectivity index (χ1) is 15.3. The van der Waals surface area contributed by atoms with E-state index in [-0.39, 0.29) is 24.2 Å². The molecule has 1 aromatic carbocycles. The van der Waals surface area contributed by atoms with Gasteiger partial charge < -0.3 is 4.57 Å². The van der Waals surface area contributed by atoms with Gasteiger partial charge in [0.25, 0.3) is 6.33 Å².